The standard InChI is InChI=1S/C36H44F6O/c1-2-3-4-5-23-6-8-26(9-7-23)28-16-19-31(32(37)20-28)27-12-10-24(11-13-27)25-14-17-29(18-15-25)36(41,42)43-30-21-33(38)35(40)34(39)22-30/h2-3,16,19-27,29H,4-15,17-18H2,1H3. The van der Waals surface area contributed by atoms with E-state index in [2.05, 4.69) is 29.9 Å². The van der Waals surface area contributed by atoms with Gasteiger partial charge in [-0.1, -0.05) is 24.3 Å². The Labute approximate surface area is 252 Å². The van der Waals surface area contributed by atoms with Gasteiger partial charge < -0.3 is 4.74 Å². The van der Waals surface area contributed by atoms with Crippen LogP contribution in [-0.4, -0.2) is 6.11 Å². The molecule has 0 heterocycles. The van der Waals surface area contributed by atoms with E-state index in [1.165, 1.54) is 19.3 Å². The van der Waals surface area contributed by atoms with E-state index in [0.29, 0.717) is 42.7 Å². The minimum Gasteiger partial charge on any atom is -0.432 e. The minimum atomic E-state index is -3.60. The Morgan fingerprint density at radius 2 is 1.30 bits per heavy atom. The summed E-state index contributed by atoms with van der Waals surface area (Å²) < 4.78 is 89.8. The molecule has 0 amide bonds. The fourth-order valence-electron chi connectivity index (χ4n) is 8.07. The van der Waals surface area contributed by atoms with Crippen molar-refractivity contribution in [2.45, 2.75) is 115 Å². The number of alkyl halides is 2. The number of ether oxygens (including phenoxy) is 1. The summed E-state index contributed by atoms with van der Waals surface area (Å²) in [6.07, 6.45) is 13.3. The predicted octanol–water partition coefficient (Wildman–Crippen LogP) is 11.6. The summed E-state index contributed by atoms with van der Waals surface area (Å²) >= 11 is 0. The Balaban J connectivity index is 1.08. The van der Waals surface area contributed by atoms with Gasteiger partial charge in [0.1, 0.15) is 11.6 Å². The van der Waals surface area contributed by atoms with Crippen LogP contribution in [0.4, 0.5) is 26.3 Å². The van der Waals surface area contributed by atoms with Gasteiger partial charge in [0, 0.05) is 12.1 Å². The Morgan fingerprint density at radius 3 is 1.88 bits per heavy atom. The number of hydrogen-bond donors (Lipinski definition) is 0. The molecule has 5 rings (SSSR count). The maximum absolute atomic E-state index is 15.3. The van der Waals surface area contributed by atoms with E-state index in [1.807, 2.05) is 6.07 Å². The van der Waals surface area contributed by atoms with Gasteiger partial charge in [-0.3, -0.25) is 0 Å². The molecule has 2 aromatic rings. The number of rotatable bonds is 9. The maximum atomic E-state index is 15.3. The van der Waals surface area contributed by atoms with Crippen LogP contribution >= 0.6 is 0 Å². The lowest BCUT2D eigenvalue weighted by atomic mass is 9.68. The highest BCUT2D eigenvalue weighted by Gasteiger charge is 2.45. The lowest BCUT2D eigenvalue weighted by Crippen LogP contribution is -2.38. The van der Waals surface area contributed by atoms with E-state index in [1.54, 1.807) is 6.07 Å². The first kappa shape index (κ1) is 32.0. The van der Waals surface area contributed by atoms with Crippen LogP contribution in [0.5, 0.6) is 5.75 Å². The number of hydrogen-bond acceptors (Lipinski definition) is 1. The smallest absolute Gasteiger partial charge is 0.400 e. The Morgan fingerprint density at radius 1 is 0.721 bits per heavy atom. The fourth-order valence-corrected chi connectivity index (χ4v) is 8.07. The van der Waals surface area contributed by atoms with Gasteiger partial charge in [0.05, 0.1) is 5.92 Å². The molecule has 0 radical (unpaired) electrons. The quantitative estimate of drug-likeness (QED) is 0.157. The SMILES string of the molecule is CC=CCCC1CCC(c2ccc(C3CCC(C4CCC(C(F)(F)Oc5cc(F)c(F)c(F)c5)CC4)CC3)c(F)c2)CC1. The third-order valence-electron chi connectivity index (χ3n) is 10.7. The summed E-state index contributed by atoms with van der Waals surface area (Å²) in [7, 11) is 0. The minimum absolute atomic E-state index is 0.0835. The second-order valence-corrected chi connectivity index (χ2v) is 13.2. The summed E-state index contributed by atoms with van der Waals surface area (Å²) in [5.41, 5.74) is 1.95. The molecule has 3 aliphatic rings. The average molecular weight is 607 g/mol. The molecule has 0 N–H and O–H groups in total. The molecule has 1 nitrogen and oxygen atoms in total. The highest BCUT2D eigenvalue weighted by Crippen LogP contribution is 2.47. The lowest BCUT2D eigenvalue weighted by molar-refractivity contribution is -0.224. The van der Waals surface area contributed by atoms with Crippen LogP contribution in [0.15, 0.2) is 42.5 Å². The van der Waals surface area contributed by atoms with Crippen molar-refractivity contribution in [3.05, 3.63) is 76.9 Å². The highest BCUT2D eigenvalue weighted by atomic mass is 19.3. The summed E-state index contributed by atoms with van der Waals surface area (Å²) in [6.45, 7) is 2.06. The average Bonchev–Trinajstić information content (AvgIpc) is 3.00. The molecule has 0 bridgehead atoms. The molecule has 7 heteroatoms. The zero-order valence-corrected chi connectivity index (χ0v) is 25.1. The van der Waals surface area contributed by atoms with Crippen LogP contribution in [-0.2, 0) is 0 Å². The summed E-state index contributed by atoms with van der Waals surface area (Å²) in [5.74, 6) is -4.53. The third kappa shape index (κ3) is 7.81. The van der Waals surface area contributed by atoms with Gasteiger partial charge in [-0.2, -0.15) is 8.78 Å². The van der Waals surface area contributed by atoms with Crippen molar-refractivity contribution in [1.82, 2.24) is 0 Å². The van der Waals surface area contributed by atoms with E-state index in [4.69, 9.17) is 0 Å². The normalized spacial score (nSPS) is 28.7. The van der Waals surface area contributed by atoms with Crippen molar-refractivity contribution in [3.63, 3.8) is 0 Å². The highest BCUT2D eigenvalue weighted by molar-refractivity contribution is 5.30. The Bertz CT molecular complexity index is 1210. The zero-order valence-electron chi connectivity index (χ0n) is 25.1. The maximum Gasteiger partial charge on any atom is 0.400 e. The lowest BCUT2D eigenvalue weighted by Gasteiger charge is -2.39. The molecule has 0 saturated heterocycles. The monoisotopic (exact) mass is 606 g/mol. The molecular weight excluding hydrogens is 562 g/mol. The first-order valence-corrected chi connectivity index (χ1v) is 16.3. The molecule has 0 unspecified atom stereocenters. The summed E-state index contributed by atoms with van der Waals surface area (Å²) in [6, 6.07) is 6.84. The fraction of sp³-hybridized carbons (Fsp3) is 0.611. The van der Waals surface area contributed by atoms with Crippen molar-refractivity contribution in [1.29, 1.82) is 0 Å². The van der Waals surface area contributed by atoms with E-state index >= 15 is 4.39 Å². The Hall–Kier alpha value is -2.44. The molecule has 0 aliphatic heterocycles. The van der Waals surface area contributed by atoms with Crippen LogP contribution < -0.4 is 4.74 Å². The van der Waals surface area contributed by atoms with Gasteiger partial charge in [0.15, 0.2) is 17.5 Å². The topological polar surface area (TPSA) is 9.23 Å². The van der Waals surface area contributed by atoms with Crippen LogP contribution in [0, 0.1) is 46.9 Å². The van der Waals surface area contributed by atoms with Gasteiger partial charge in [-0.05, 0) is 144 Å². The second-order valence-electron chi connectivity index (χ2n) is 13.2. The van der Waals surface area contributed by atoms with Crippen LogP contribution in [0.3, 0.4) is 0 Å². The summed E-state index contributed by atoms with van der Waals surface area (Å²) in [4.78, 5) is 0. The van der Waals surface area contributed by atoms with Crippen LogP contribution in [0.25, 0.3) is 0 Å². The second kappa shape index (κ2) is 14.1. The van der Waals surface area contributed by atoms with Gasteiger partial charge in [-0.15, -0.1) is 0 Å². The van der Waals surface area contributed by atoms with E-state index < -0.39 is 35.2 Å². The zero-order chi connectivity index (χ0) is 30.6. The molecule has 2 aromatic carbocycles. The van der Waals surface area contributed by atoms with Gasteiger partial charge in [-0.25, -0.2) is 17.6 Å². The predicted molar refractivity (Wildman–Crippen MR) is 157 cm³/mol. The van der Waals surface area contributed by atoms with Crippen molar-refractivity contribution in [3.8, 4) is 5.75 Å². The van der Waals surface area contributed by atoms with Gasteiger partial charge in [0.2, 0.25) is 0 Å². The third-order valence-corrected chi connectivity index (χ3v) is 10.7. The van der Waals surface area contributed by atoms with Crippen molar-refractivity contribution in [2.75, 3.05) is 0 Å². The van der Waals surface area contributed by atoms with Crippen molar-refractivity contribution in [2.24, 2.45) is 23.7 Å². The molecule has 3 fully saturated rings. The Kier molecular flexibility index (Phi) is 10.5. The van der Waals surface area contributed by atoms with E-state index in [-0.39, 0.29) is 24.6 Å². The molecular formula is C36H44F6O. The molecule has 3 aliphatic carbocycles. The molecule has 3 saturated carbocycles. The van der Waals surface area contributed by atoms with Gasteiger partial charge in [0.25, 0.3) is 0 Å². The molecule has 43 heavy (non-hydrogen) atoms. The number of halogens is 6. The van der Waals surface area contributed by atoms with Crippen molar-refractivity contribution >= 4 is 0 Å². The molecule has 236 valence electrons. The first-order valence-electron chi connectivity index (χ1n) is 16.3. The van der Waals surface area contributed by atoms with E-state index in [0.717, 1.165) is 62.0 Å². The largest absolute Gasteiger partial charge is 0.432 e. The summed E-state index contributed by atoms with van der Waals surface area (Å²) in [5, 5.41) is 0. The molecule has 0 spiro atoms. The first-order chi connectivity index (χ1) is 20.6. The number of allylic oxidation sites excluding steroid dienone is 2. The van der Waals surface area contributed by atoms with Gasteiger partial charge >= 0.3 is 6.11 Å². The number of benzene rings is 2. The molecule has 0 aromatic heterocycles. The van der Waals surface area contributed by atoms with Crippen LogP contribution in [0.2, 0.25) is 0 Å². The van der Waals surface area contributed by atoms with E-state index in [9.17, 15) is 22.0 Å². The van der Waals surface area contributed by atoms with Crippen LogP contribution in [0.1, 0.15) is 120 Å². The van der Waals surface area contributed by atoms with Crippen molar-refractivity contribution < 1.29 is 31.1 Å². The molecule has 0 atom stereocenters.